The number of alkyl halides is 7. The van der Waals surface area contributed by atoms with Crippen LogP contribution in [0.5, 0.6) is 0 Å². The molecule has 0 N–H and O–H groups in total. The third-order valence-corrected chi connectivity index (χ3v) is 2.55. The fourth-order valence-corrected chi connectivity index (χ4v) is 1.34. The van der Waals surface area contributed by atoms with E-state index in [0.29, 0.717) is 6.07 Å². The second-order valence-electron chi connectivity index (χ2n) is 3.89. The van der Waals surface area contributed by atoms with Crippen LogP contribution in [0.25, 0.3) is 0 Å². The second kappa shape index (κ2) is 4.71. The summed E-state index contributed by atoms with van der Waals surface area (Å²) in [6, 6.07) is 2.03. The van der Waals surface area contributed by atoms with E-state index in [1.165, 1.54) is 0 Å². The highest BCUT2D eigenvalue weighted by atomic mass is 19.4. The van der Waals surface area contributed by atoms with Crippen molar-refractivity contribution in [1.29, 1.82) is 0 Å². The van der Waals surface area contributed by atoms with E-state index in [1.807, 2.05) is 0 Å². The number of rotatable bonds is 3. The fourth-order valence-electron chi connectivity index (χ4n) is 1.34. The number of carbonyl (C=O) groups excluding carboxylic acids is 1. The van der Waals surface area contributed by atoms with E-state index in [9.17, 15) is 39.9 Å². The first-order chi connectivity index (χ1) is 8.84. The average Bonchev–Trinajstić information content (AvgIpc) is 2.30. The molecule has 0 aliphatic carbocycles. The quantitative estimate of drug-likeness (QED) is 0.605. The molecule has 0 bridgehead atoms. The number of benzene rings is 1. The summed E-state index contributed by atoms with van der Waals surface area (Å²) in [6.45, 7) is 0.810. The van der Waals surface area contributed by atoms with Gasteiger partial charge in [0.2, 0.25) is 5.78 Å². The second-order valence-corrected chi connectivity index (χ2v) is 3.89. The predicted molar refractivity (Wildman–Crippen MR) is 51.4 cm³/mol. The molecule has 0 aromatic heterocycles. The Morgan fingerprint density at radius 3 is 1.95 bits per heavy atom. The molecule has 0 aliphatic heterocycles. The molecular formula is C11H6F8O. The lowest BCUT2D eigenvalue weighted by molar-refractivity contribution is -0.339. The Balaban J connectivity index is 3.36. The number of hydrogen-bond donors (Lipinski definition) is 0. The van der Waals surface area contributed by atoms with Gasteiger partial charge in [-0.25, -0.2) is 4.39 Å². The predicted octanol–water partition coefficient (Wildman–Crippen LogP) is 4.15. The van der Waals surface area contributed by atoms with Crippen LogP contribution in [0.4, 0.5) is 35.1 Å². The Morgan fingerprint density at radius 1 is 1.00 bits per heavy atom. The summed E-state index contributed by atoms with van der Waals surface area (Å²) in [5.41, 5.74) is -1.98. The first kappa shape index (κ1) is 16.4. The van der Waals surface area contributed by atoms with Crippen LogP contribution in [-0.4, -0.2) is 23.8 Å². The maximum atomic E-state index is 13.1. The Hall–Kier alpha value is -1.67. The molecule has 9 heteroatoms. The lowest BCUT2D eigenvalue weighted by Gasteiger charge is -2.27. The van der Waals surface area contributed by atoms with Gasteiger partial charge < -0.3 is 0 Å². The Kier molecular flexibility index (Phi) is 3.86. The third-order valence-electron chi connectivity index (χ3n) is 2.55. The molecule has 0 aliphatic rings. The summed E-state index contributed by atoms with van der Waals surface area (Å²) in [5.74, 6) is -16.6. The molecule has 1 aromatic rings. The number of hydrogen-bond acceptors (Lipinski definition) is 1. The van der Waals surface area contributed by atoms with Gasteiger partial charge in [-0.1, -0.05) is 12.1 Å². The molecular weight excluding hydrogens is 300 g/mol. The topological polar surface area (TPSA) is 17.1 Å². The van der Waals surface area contributed by atoms with Gasteiger partial charge in [-0.3, -0.25) is 4.79 Å². The van der Waals surface area contributed by atoms with Gasteiger partial charge in [0.25, 0.3) is 0 Å². The van der Waals surface area contributed by atoms with Crippen molar-refractivity contribution in [2.75, 3.05) is 0 Å². The molecule has 0 spiro atoms. The van der Waals surface area contributed by atoms with Crippen molar-refractivity contribution in [2.45, 2.75) is 24.9 Å². The molecule has 112 valence electrons. The third kappa shape index (κ3) is 2.36. The Labute approximate surface area is 107 Å². The minimum Gasteiger partial charge on any atom is -0.287 e. The van der Waals surface area contributed by atoms with Crippen molar-refractivity contribution < 1.29 is 39.9 Å². The summed E-state index contributed by atoms with van der Waals surface area (Å²) in [4.78, 5) is 11.2. The zero-order valence-electron chi connectivity index (χ0n) is 9.66. The number of halogens is 8. The first-order valence-electron chi connectivity index (χ1n) is 4.96. The van der Waals surface area contributed by atoms with Gasteiger partial charge in [0.15, 0.2) is 0 Å². The number of carbonyl (C=O) groups is 1. The van der Waals surface area contributed by atoms with E-state index in [0.717, 1.165) is 19.1 Å². The summed E-state index contributed by atoms with van der Waals surface area (Å²) in [7, 11) is 0. The highest BCUT2D eigenvalue weighted by molar-refractivity contribution is 6.03. The molecule has 0 saturated heterocycles. The number of Topliss-reactive ketones (excluding diaryl/α,β-unsaturated/α-hetero) is 1. The molecule has 0 unspecified atom stereocenters. The van der Waals surface area contributed by atoms with Gasteiger partial charge in [0.1, 0.15) is 5.82 Å². The average molecular weight is 306 g/mol. The molecule has 0 atom stereocenters. The lowest BCUT2D eigenvalue weighted by atomic mass is 9.96. The van der Waals surface area contributed by atoms with E-state index in [1.54, 1.807) is 0 Å². The SMILES string of the molecule is Cc1c(F)cccc1C(=O)C(F)(F)C(F)(F)C(F)(F)F. The van der Waals surface area contributed by atoms with E-state index in [-0.39, 0.29) is 0 Å². The largest absolute Gasteiger partial charge is 0.460 e. The summed E-state index contributed by atoms with van der Waals surface area (Å²) >= 11 is 0. The van der Waals surface area contributed by atoms with Crippen molar-refractivity contribution in [3.63, 3.8) is 0 Å². The molecule has 1 rings (SSSR count). The van der Waals surface area contributed by atoms with Gasteiger partial charge in [0, 0.05) is 5.56 Å². The van der Waals surface area contributed by atoms with Crippen molar-refractivity contribution in [2.24, 2.45) is 0 Å². The number of ketones is 1. The van der Waals surface area contributed by atoms with Crippen LogP contribution in [0.15, 0.2) is 18.2 Å². The summed E-state index contributed by atoms with van der Waals surface area (Å²) < 4.78 is 101. The van der Waals surface area contributed by atoms with Crippen molar-refractivity contribution in [3.05, 3.63) is 35.1 Å². The lowest BCUT2D eigenvalue weighted by Crippen LogP contribution is -2.56. The van der Waals surface area contributed by atoms with Crippen LogP contribution in [-0.2, 0) is 0 Å². The molecule has 0 amide bonds. The molecule has 20 heavy (non-hydrogen) atoms. The Bertz CT molecular complexity index is 532. The molecule has 0 saturated carbocycles. The van der Waals surface area contributed by atoms with Gasteiger partial charge >= 0.3 is 18.0 Å². The molecule has 1 nitrogen and oxygen atoms in total. The summed E-state index contributed by atoms with van der Waals surface area (Å²) in [6.07, 6.45) is -6.62. The van der Waals surface area contributed by atoms with Crippen LogP contribution < -0.4 is 0 Å². The highest BCUT2D eigenvalue weighted by Crippen LogP contribution is 2.48. The van der Waals surface area contributed by atoms with E-state index < -0.39 is 40.7 Å². The minimum absolute atomic E-state index is 0.543. The van der Waals surface area contributed by atoms with Gasteiger partial charge in [-0.15, -0.1) is 0 Å². The standard InChI is InChI=1S/C11H6F8O/c1-5-6(3-2-4-7(5)12)8(20)9(13,14)10(15,16)11(17,18)19/h2-4H,1H3. The van der Waals surface area contributed by atoms with E-state index in [4.69, 9.17) is 0 Å². The van der Waals surface area contributed by atoms with Crippen LogP contribution in [0.3, 0.4) is 0 Å². The maximum Gasteiger partial charge on any atom is 0.460 e. The molecule has 1 aromatic carbocycles. The van der Waals surface area contributed by atoms with Crippen molar-refractivity contribution >= 4 is 5.78 Å². The maximum absolute atomic E-state index is 13.1. The molecule has 0 radical (unpaired) electrons. The molecule has 0 fully saturated rings. The fraction of sp³-hybridized carbons (Fsp3) is 0.364. The minimum atomic E-state index is -6.62. The normalized spacial score (nSPS) is 13.4. The highest BCUT2D eigenvalue weighted by Gasteiger charge is 2.76. The van der Waals surface area contributed by atoms with Gasteiger partial charge in [-0.05, 0) is 18.6 Å². The van der Waals surface area contributed by atoms with Crippen LogP contribution in [0, 0.1) is 12.7 Å². The van der Waals surface area contributed by atoms with E-state index in [2.05, 4.69) is 0 Å². The monoisotopic (exact) mass is 306 g/mol. The van der Waals surface area contributed by atoms with Crippen LogP contribution in [0.2, 0.25) is 0 Å². The van der Waals surface area contributed by atoms with E-state index >= 15 is 0 Å². The summed E-state index contributed by atoms with van der Waals surface area (Å²) in [5, 5.41) is 0. The van der Waals surface area contributed by atoms with Gasteiger partial charge in [0.05, 0.1) is 0 Å². The smallest absolute Gasteiger partial charge is 0.287 e. The zero-order valence-corrected chi connectivity index (χ0v) is 9.66. The van der Waals surface area contributed by atoms with Crippen LogP contribution >= 0.6 is 0 Å². The first-order valence-corrected chi connectivity index (χ1v) is 4.96. The Morgan fingerprint density at radius 2 is 1.50 bits per heavy atom. The zero-order chi connectivity index (χ0) is 15.9. The van der Waals surface area contributed by atoms with Crippen LogP contribution in [0.1, 0.15) is 15.9 Å². The van der Waals surface area contributed by atoms with Gasteiger partial charge in [-0.2, -0.15) is 30.7 Å². The molecule has 0 heterocycles. The van der Waals surface area contributed by atoms with Crippen molar-refractivity contribution in [1.82, 2.24) is 0 Å². The van der Waals surface area contributed by atoms with Crippen molar-refractivity contribution in [3.8, 4) is 0 Å².